The lowest BCUT2D eigenvalue weighted by Gasteiger charge is -2.14. The molecule has 0 aliphatic heterocycles. The average Bonchev–Trinajstić information content (AvgIpc) is 2.41. The number of rotatable bonds is 7. The van der Waals surface area contributed by atoms with Gasteiger partial charge in [-0.15, -0.1) is 0 Å². The molecule has 0 radical (unpaired) electrons. The number of hydrogen-bond donors (Lipinski definition) is 0. The Bertz CT molecular complexity index is 424. The minimum atomic E-state index is -0.402. The largest absolute Gasteiger partial charge is 0.462 e. The highest BCUT2D eigenvalue weighted by atomic mass is 35.5. The standard InChI is InChI=1S/C14H19Cl2NO2/c1-3-5-6-10(4-2)9-19-14(18)11-7-12(15)13(16)17-8-11/h7-8,10H,3-6,9H2,1-2H3. The summed E-state index contributed by atoms with van der Waals surface area (Å²) in [7, 11) is 0. The number of esters is 1. The van der Waals surface area contributed by atoms with Crippen molar-refractivity contribution >= 4 is 29.2 Å². The summed E-state index contributed by atoms with van der Waals surface area (Å²) in [4.78, 5) is 15.7. The summed E-state index contributed by atoms with van der Waals surface area (Å²) >= 11 is 11.5. The molecule has 0 aliphatic carbocycles. The Morgan fingerprint density at radius 1 is 1.42 bits per heavy atom. The second kappa shape index (κ2) is 8.39. The van der Waals surface area contributed by atoms with E-state index in [4.69, 9.17) is 27.9 Å². The van der Waals surface area contributed by atoms with E-state index < -0.39 is 5.97 Å². The Labute approximate surface area is 124 Å². The average molecular weight is 304 g/mol. The van der Waals surface area contributed by atoms with Crippen molar-refractivity contribution in [2.45, 2.75) is 39.5 Å². The van der Waals surface area contributed by atoms with E-state index in [1.807, 2.05) is 0 Å². The molecule has 1 unspecified atom stereocenters. The molecule has 0 N–H and O–H groups in total. The maximum Gasteiger partial charge on any atom is 0.339 e. The molecule has 0 saturated heterocycles. The molecule has 0 bridgehead atoms. The second-order valence-electron chi connectivity index (χ2n) is 4.51. The smallest absolute Gasteiger partial charge is 0.339 e. The van der Waals surface area contributed by atoms with E-state index >= 15 is 0 Å². The van der Waals surface area contributed by atoms with E-state index in [-0.39, 0.29) is 10.2 Å². The molecule has 0 spiro atoms. The minimum absolute atomic E-state index is 0.188. The number of nitrogens with zero attached hydrogens (tertiary/aromatic N) is 1. The van der Waals surface area contributed by atoms with Crippen molar-refractivity contribution in [2.24, 2.45) is 5.92 Å². The summed E-state index contributed by atoms with van der Waals surface area (Å²) in [6, 6.07) is 1.48. The first-order chi connectivity index (χ1) is 9.08. The highest BCUT2D eigenvalue weighted by molar-refractivity contribution is 6.41. The number of halogens is 2. The molecule has 0 aromatic carbocycles. The normalized spacial score (nSPS) is 12.2. The molecule has 0 saturated carbocycles. The summed E-state index contributed by atoms with van der Waals surface area (Å²) in [5, 5.41) is 0.446. The fourth-order valence-electron chi connectivity index (χ4n) is 1.71. The van der Waals surface area contributed by atoms with E-state index in [1.165, 1.54) is 12.3 Å². The van der Waals surface area contributed by atoms with Gasteiger partial charge in [0.15, 0.2) is 0 Å². The van der Waals surface area contributed by atoms with Crippen molar-refractivity contribution in [2.75, 3.05) is 6.61 Å². The number of unbranched alkanes of at least 4 members (excludes halogenated alkanes) is 1. The Balaban J connectivity index is 2.52. The number of ether oxygens (including phenoxy) is 1. The van der Waals surface area contributed by atoms with Crippen LogP contribution in [0, 0.1) is 5.92 Å². The molecule has 1 atom stereocenters. The fourth-order valence-corrected chi connectivity index (χ4v) is 1.98. The number of carbonyl (C=O) groups is 1. The molecule has 1 heterocycles. The number of hydrogen-bond acceptors (Lipinski definition) is 3. The molecular weight excluding hydrogens is 285 g/mol. The maximum absolute atomic E-state index is 11.8. The van der Waals surface area contributed by atoms with Gasteiger partial charge in [0.1, 0.15) is 5.15 Å². The molecule has 0 amide bonds. The molecular formula is C14H19Cl2NO2. The number of carbonyl (C=O) groups excluding carboxylic acids is 1. The molecule has 1 rings (SSSR count). The van der Waals surface area contributed by atoms with Crippen LogP contribution in [-0.2, 0) is 4.74 Å². The second-order valence-corrected chi connectivity index (χ2v) is 5.28. The zero-order chi connectivity index (χ0) is 14.3. The van der Waals surface area contributed by atoms with Gasteiger partial charge in [-0.05, 0) is 18.4 Å². The highest BCUT2D eigenvalue weighted by Crippen LogP contribution is 2.20. The van der Waals surface area contributed by atoms with Gasteiger partial charge in [0, 0.05) is 6.20 Å². The van der Waals surface area contributed by atoms with Crippen molar-refractivity contribution in [3.05, 3.63) is 28.0 Å². The molecule has 0 aliphatic rings. The minimum Gasteiger partial charge on any atom is -0.462 e. The van der Waals surface area contributed by atoms with Crippen LogP contribution < -0.4 is 0 Å². The van der Waals surface area contributed by atoms with Gasteiger partial charge >= 0.3 is 5.97 Å². The predicted octanol–water partition coefficient (Wildman–Crippen LogP) is 4.76. The zero-order valence-electron chi connectivity index (χ0n) is 11.3. The van der Waals surface area contributed by atoms with Crippen LogP contribution >= 0.6 is 23.2 Å². The van der Waals surface area contributed by atoms with Crippen molar-refractivity contribution in [3.8, 4) is 0 Å². The maximum atomic E-state index is 11.8. The Hall–Kier alpha value is -0.800. The quantitative estimate of drug-likeness (QED) is 0.538. The SMILES string of the molecule is CCCCC(CC)COC(=O)c1cnc(Cl)c(Cl)c1. The van der Waals surface area contributed by atoms with Gasteiger partial charge in [0.05, 0.1) is 17.2 Å². The molecule has 1 aromatic heterocycles. The van der Waals surface area contributed by atoms with E-state index in [9.17, 15) is 4.79 Å². The van der Waals surface area contributed by atoms with Crippen molar-refractivity contribution in [1.29, 1.82) is 0 Å². The van der Waals surface area contributed by atoms with Crippen LogP contribution in [0.25, 0.3) is 0 Å². The molecule has 106 valence electrons. The van der Waals surface area contributed by atoms with Crippen molar-refractivity contribution in [1.82, 2.24) is 4.98 Å². The number of aromatic nitrogens is 1. The van der Waals surface area contributed by atoms with E-state index in [0.717, 1.165) is 25.7 Å². The molecule has 0 fully saturated rings. The zero-order valence-corrected chi connectivity index (χ0v) is 12.8. The Morgan fingerprint density at radius 3 is 2.74 bits per heavy atom. The number of pyridine rings is 1. The van der Waals surface area contributed by atoms with Gasteiger partial charge in [-0.1, -0.05) is 56.3 Å². The van der Waals surface area contributed by atoms with Crippen LogP contribution in [0.4, 0.5) is 0 Å². The van der Waals surface area contributed by atoms with Gasteiger partial charge < -0.3 is 4.74 Å². The monoisotopic (exact) mass is 303 g/mol. The first-order valence-electron chi connectivity index (χ1n) is 6.56. The van der Waals surface area contributed by atoms with Crippen LogP contribution in [0.15, 0.2) is 12.3 Å². The first kappa shape index (κ1) is 16.3. The van der Waals surface area contributed by atoms with Crippen LogP contribution in [0.3, 0.4) is 0 Å². The summed E-state index contributed by atoms with van der Waals surface area (Å²) in [5.41, 5.74) is 0.333. The third-order valence-corrected chi connectivity index (χ3v) is 3.71. The fraction of sp³-hybridized carbons (Fsp3) is 0.571. The Morgan fingerprint density at radius 2 is 2.16 bits per heavy atom. The van der Waals surface area contributed by atoms with Gasteiger partial charge in [-0.2, -0.15) is 0 Å². The Kier molecular flexibility index (Phi) is 7.17. The topological polar surface area (TPSA) is 39.2 Å². The van der Waals surface area contributed by atoms with E-state index in [0.29, 0.717) is 18.1 Å². The summed E-state index contributed by atoms with van der Waals surface area (Å²) in [5.74, 6) is 0.0145. The van der Waals surface area contributed by atoms with Crippen LogP contribution in [0.2, 0.25) is 10.2 Å². The molecule has 19 heavy (non-hydrogen) atoms. The van der Waals surface area contributed by atoms with Gasteiger partial charge in [0.2, 0.25) is 0 Å². The molecule has 3 nitrogen and oxygen atoms in total. The third-order valence-electron chi connectivity index (χ3n) is 3.03. The first-order valence-corrected chi connectivity index (χ1v) is 7.32. The van der Waals surface area contributed by atoms with Gasteiger partial charge in [0.25, 0.3) is 0 Å². The van der Waals surface area contributed by atoms with Crippen molar-refractivity contribution in [3.63, 3.8) is 0 Å². The molecule has 5 heteroatoms. The van der Waals surface area contributed by atoms with Crippen LogP contribution in [0.1, 0.15) is 49.9 Å². The van der Waals surface area contributed by atoms with Crippen LogP contribution in [-0.4, -0.2) is 17.6 Å². The van der Waals surface area contributed by atoms with E-state index in [1.54, 1.807) is 0 Å². The lowest BCUT2D eigenvalue weighted by Crippen LogP contribution is -2.14. The lowest BCUT2D eigenvalue weighted by molar-refractivity contribution is 0.0427. The highest BCUT2D eigenvalue weighted by Gasteiger charge is 2.13. The van der Waals surface area contributed by atoms with E-state index in [2.05, 4.69) is 18.8 Å². The lowest BCUT2D eigenvalue weighted by atomic mass is 10.0. The summed E-state index contributed by atoms with van der Waals surface area (Å²) < 4.78 is 5.29. The summed E-state index contributed by atoms with van der Waals surface area (Å²) in [6.07, 6.45) is 5.78. The third kappa shape index (κ3) is 5.37. The summed E-state index contributed by atoms with van der Waals surface area (Å²) in [6.45, 7) is 4.70. The van der Waals surface area contributed by atoms with Gasteiger partial charge in [-0.25, -0.2) is 9.78 Å². The van der Waals surface area contributed by atoms with Gasteiger partial charge in [-0.3, -0.25) is 0 Å². The molecule has 1 aromatic rings. The predicted molar refractivity (Wildman–Crippen MR) is 77.8 cm³/mol. The van der Waals surface area contributed by atoms with Crippen molar-refractivity contribution < 1.29 is 9.53 Å². The van der Waals surface area contributed by atoms with Crippen LogP contribution in [0.5, 0.6) is 0 Å².